The van der Waals surface area contributed by atoms with Gasteiger partial charge in [0.05, 0.1) is 0 Å². The fourth-order valence-corrected chi connectivity index (χ4v) is 1.55. The Morgan fingerprint density at radius 1 is 1.45 bits per heavy atom. The van der Waals surface area contributed by atoms with Crippen LogP contribution in [0.5, 0.6) is 0 Å². The standard InChI is InChI=1S/C9H13NS/c1-3-7-4-5-8(10)9(6-7)11-2/h4-6H,3,10H2,1-2H3. The molecular weight excluding hydrogens is 154 g/mol. The highest BCUT2D eigenvalue weighted by Gasteiger charge is 1.97. The van der Waals surface area contributed by atoms with Gasteiger partial charge in [-0.15, -0.1) is 11.8 Å². The smallest absolute Gasteiger partial charge is 0.0452 e. The van der Waals surface area contributed by atoms with Crippen LogP contribution in [0, 0.1) is 0 Å². The molecule has 0 unspecified atom stereocenters. The van der Waals surface area contributed by atoms with Gasteiger partial charge in [-0.3, -0.25) is 0 Å². The van der Waals surface area contributed by atoms with Gasteiger partial charge in [0.15, 0.2) is 0 Å². The van der Waals surface area contributed by atoms with Gasteiger partial charge in [-0.25, -0.2) is 0 Å². The van der Waals surface area contributed by atoms with Crippen molar-refractivity contribution in [3.63, 3.8) is 0 Å². The molecule has 1 nitrogen and oxygen atoms in total. The zero-order valence-electron chi connectivity index (χ0n) is 6.92. The van der Waals surface area contributed by atoms with Gasteiger partial charge in [0.25, 0.3) is 0 Å². The van der Waals surface area contributed by atoms with Crippen LogP contribution in [0.25, 0.3) is 0 Å². The Bertz CT molecular complexity index is 245. The zero-order valence-corrected chi connectivity index (χ0v) is 7.74. The first-order valence-corrected chi connectivity index (χ1v) is 4.92. The van der Waals surface area contributed by atoms with E-state index in [1.165, 1.54) is 10.5 Å². The number of aryl methyl sites for hydroxylation is 1. The van der Waals surface area contributed by atoms with Crippen molar-refractivity contribution >= 4 is 17.4 Å². The molecule has 11 heavy (non-hydrogen) atoms. The zero-order chi connectivity index (χ0) is 8.27. The Morgan fingerprint density at radius 2 is 2.18 bits per heavy atom. The average molecular weight is 167 g/mol. The number of nitrogens with two attached hydrogens (primary N) is 1. The average Bonchev–Trinajstić information content (AvgIpc) is 2.05. The summed E-state index contributed by atoms with van der Waals surface area (Å²) in [6, 6.07) is 6.21. The van der Waals surface area contributed by atoms with Gasteiger partial charge < -0.3 is 5.73 Å². The molecule has 0 aromatic heterocycles. The minimum atomic E-state index is 0.884. The highest BCUT2D eigenvalue weighted by Crippen LogP contribution is 2.23. The summed E-state index contributed by atoms with van der Waals surface area (Å²) in [4.78, 5) is 1.18. The van der Waals surface area contributed by atoms with Gasteiger partial charge in [0.1, 0.15) is 0 Å². The molecule has 1 aromatic rings. The molecule has 0 bridgehead atoms. The quantitative estimate of drug-likeness (QED) is 0.541. The predicted octanol–water partition coefficient (Wildman–Crippen LogP) is 2.55. The summed E-state index contributed by atoms with van der Waals surface area (Å²) < 4.78 is 0. The summed E-state index contributed by atoms with van der Waals surface area (Å²) in [7, 11) is 0. The minimum Gasteiger partial charge on any atom is -0.398 e. The second kappa shape index (κ2) is 3.67. The summed E-state index contributed by atoms with van der Waals surface area (Å²) in [6.45, 7) is 2.15. The van der Waals surface area contributed by atoms with Crippen LogP contribution < -0.4 is 5.73 Å². The molecule has 1 rings (SSSR count). The van der Waals surface area contributed by atoms with E-state index >= 15 is 0 Å². The van der Waals surface area contributed by atoms with E-state index in [1.807, 2.05) is 12.3 Å². The Balaban J connectivity index is 3.02. The molecule has 0 amide bonds. The Morgan fingerprint density at radius 3 is 2.73 bits per heavy atom. The number of rotatable bonds is 2. The molecule has 2 heteroatoms. The molecule has 0 fully saturated rings. The first-order valence-electron chi connectivity index (χ1n) is 3.70. The van der Waals surface area contributed by atoms with Crippen LogP contribution in [0.15, 0.2) is 23.1 Å². The lowest BCUT2D eigenvalue weighted by Crippen LogP contribution is -1.89. The second-order valence-corrected chi connectivity index (χ2v) is 3.28. The first-order chi connectivity index (χ1) is 5.27. The second-order valence-electron chi connectivity index (χ2n) is 2.43. The molecule has 0 aliphatic heterocycles. The van der Waals surface area contributed by atoms with Crippen LogP contribution in [0.4, 0.5) is 5.69 Å². The molecule has 2 N–H and O–H groups in total. The number of hydrogen-bond donors (Lipinski definition) is 1. The lowest BCUT2D eigenvalue weighted by Gasteiger charge is -2.03. The van der Waals surface area contributed by atoms with Gasteiger partial charge in [-0.05, 0) is 30.4 Å². The lowest BCUT2D eigenvalue weighted by molar-refractivity contribution is 1.12. The number of nitrogen functional groups attached to an aromatic ring is 1. The van der Waals surface area contributed by atoms with Crippen molar-refractivity contribution < 1.29 is 0 Å². The molecular formula is C9H13NS. The third kappa shape index (κ3) is 1.90. The predicted molar refractivity (Wildman–Crippen MR) is 52.0 cm³/mol. The highest BCUT2D eigenvalue weighted by molar-refractivity contribution is 7.98. The lowest BCUT2D eigenvalue weighted by atomic mass is 10.1. The van der Waals surface area contributed by atoms with Crippen LogP contribution >= 0.6 is 11.8 Å². The van der Waals surface area contributed by atoms with Crippen molar-refractivity contribution in [1.29, 1.82) is 0 Å². The molecule has 60 valence electrons. The molecule has 0 saturated heterocycles. The van der Waals surface area contributed by atoms with E-state index in [1.54, 1.807) is 11.8 Å². The normalized spacial score (nSPS) is 10.0. The molecule has 0 spiro atoms. The van der Waals surface area contributed by atoms with Crippen molar-refractivity contribution in [3.8, 4) is 0 Å². The molecule has 0 aliphatic carbocycles. The van der Waals surface area contributed by atoms with Crippen LogP contribution in [0.2, 0.25) is 0 Å². The maximum Gasteiger partial charge on any atom is 0.0452 e. The van der Waals surface area contributed by atoms with E-state index in [4.69, 9.17) is 5.73 Å². The first kappa shape index (κ1) is 8.47. The minimum absolute atomic E-state index is 0.884. The van der Waals surface area contributed by atoms with Crippen molar-refractivity contribution in [1.82, 2.24) is 0 Å². The monoisotopic (exact) mass is 167 g/mol. The third-order valence-corrected chi connectivity index (χ3v) is 2.50. The van der Waals surface area contributed by atoms with Crippen molar-refractivity contribution in [2.75, 3.05) is 12.0 Å². The number of anilines is 1. The maximum atomic E-state index is 5.73. The SMILES string of the molecule is CCc1ccc(N)c(SC)c1. The Labute approximate surface area is 72.0 Å². The largest absolute Gasteiger partial charge is 0.398 e. The molecule has 0 radical (unpaired) electrons. The van der Waals surface area contributed by atoms with Crippen LogP contribution in [-0.2, 0) is 6.42 Å². The number of thioether (sulfide) groups is 1. The fourth-order valence-electron chi connectivity index (χ4n) is 0.975. The van der Waals surface area contributed by atoms with E-state index in [0.717, 1.165) is 12.1 Å². The molecule has 0 saturated carbocycles. The molecule has 0 aliphatic rings. The van der Waals surface area contributed by atoms with Crippen LogP contribution in [-0.4, -0.2) is 6.26 Å². The van der Waals surface area contributed by atoms with E-state index < -0.39 is 0 Å². The van der Waals surface area contributed by atoms with E-state index in [-0.39, 0.29) is 0 Å². The van der Waals surface area contributed by atoms with E-state index in [0.29, 0.717) is 0 Å². The summed E-state index contributed by atoms with van der Waals surface area (Å²) in [5.41, 5.74) is 7.97. The topological polar surface area (TPSA) is 26.0 Å². The van der Waals surface area contributed by atoms with E-state index in [9.17, 15) is 0 Å². The molecule has 1 aromatic carbocycles. The van der Waals surface area contributed by atoms with Gasteiger partial charge >= 0.3 is 0 Å². The van der Waals surface area contributed by atoms with Crippen LogP contribution in [0.3, 0.4) is 0 Å². The highest BCUT2D eigenvalue weighted by atomic mass is 32.2. The van der Waals surface area contributed by atoms with Crippen molar-refractivity contribution in [3.05, 3.63) is 23.8 Å². The van der Waals surface area contributed by atoms with Gasteiger partial charge in [0, 0.05) is 10.6 Å². The van der Waals surface area contributed by atoms with E-state index in [2.05, 4.69) is 19.1 Å². The summed E-state index contributed by atoms with van der Waals surface area (Å²) in [5.74, 6) is 0. The summed E-state index contributed by atoms with van der Waals surface area (Å²) >= 11 is 1.70. The Kier molecular flexibility index (Phi) is 2.83. The molecule has 0 heterocycles. The van der Waals surface area contributed by atoms with Gasteiger partial charge in [-0.1, -0.05) is 13.0 Å². The van der Waals surface area contributed by atoms with Gasteiger partial charge in [-0.2, -0.15) is 0 Å². The van der Waals surface area contributed by atoms with Gasteiger partial charge in [0.2, 0.25) is 0 Å². The van der Waals surface area contributed by atoms with Crippen LogP contribution in [0.1, 0.15) is 12.5 Å². The summed E-state index contributed by atoms with van der Waals surface area (Å²) in [6.07, 6.45) is 3.12. The Hall–Kier alpha value is -0.630. The maximum absolute atomic E-state index is 5.73. The number of benzene rings is 1. The third-order valence-electron chi connectivity index (χ3n) is 1.71. The molecule has 0 atom stereocenters. The van der Waals surface area contributed by atoms with Crippen molar-refractivity contribution in [2.24, 2.45) is 0 Å². The number of hydrogen-bond acceptors (Lipinski definition) is 2. The van der Waals surface area contributed by atoms with Crippen molar-refractivity contribution in [2.45, 2.75) is 18.2 Å². The fraction of sp³-hybridized carbons (Fsp3) is 0.333. The summed E-state index contributed by atoms with van der Waals surface area (Å²) in [5, 5.41) is 0.